The van der Waals surface area contributed by atoms with Crippen molar-refractivity contribution in [3.05, 3.63) is 15.4 Å². The van der Waals surface area contributed by atoms with E-state index in [1.165, 1.54) is 22.6 Å². The topological polar surface area (TPSA) is 66.5 Å². The molecule has 1 aliphatic rings. The van der Waals surface area contributed by atoms with E-state index in [4.69, 9.17) is 0 Å². The number of aryl methyl sites for hydroxylation is 1. The first-order valence-electron chi connectivity index (χ1n) is 5.84. The molecule has 1 saturated heterocycles. The second-order valence-electron chi connectivity index (χ2n) is 4.57. The zero-order valence-electron chi connectivity index (χ0n) is 10.6. The summed E-state index contributed by atoms with van der Waals surface area (Å²) in [6.07, 6.45) is 0.657. The van der Waals surface area contributed by atoms with Crippen LogP contribution in [0.1, 0.15) is 18.9 Å². The van der Waals surface area contributed by atoms with Gasteiger partial charge < -0.3 is 5.32 Å². The van der Waals surface area contributed by atoms with Gasteiger partial charge in [-0.15, -0.1) is 11.3 Å². The van der Waals surface area contributed by atoms with Crippen molar-refractivity contribution in [2.45, 2.75) is 30.5 Å². The van der Waals surface area contributed by atoms with E-state index in [-0.39, 0.29) is 11.9 Å². The van der Waals surface area contributed by atoms with Crippen molar-refractivity contribution >= 4 is 43.2 Å². The van der Waals surface area contributed by atoms with Gasteiger partial charge in [0.1, 0.15) is 4.21 Å². The van der Waals surface area contributed by atoms with E-state index in [0.29, 0.717) is 23.7 Å². The summed E-state index contributed by atoms with van der Waals surface area (Å²) in [5, 5.41) is 2.76. The molecule has 19 heavy (non-hydrogen) atoms. The van der Waals surface area contributed by atoms with E-state index < -0.39 is 10.0 Å². The van der Waals surface area contributed by atoms with Crippen LogP contribution < -0.4 is 5.32 Å². The van der Waals surface area contributed by atoms with Crippen LogP contribution in [0.2, 0.25) is 0 Å². The average molecular weight is 367 g/mol. The van der Waals surface area contributed by atoms with Crippen LogP contribution >= 0.6 is 27.3 Å². The normalized spacial score (nSPS) is 20.7. The molecule has 0 aliphatic carbocycles. The third kappa shape index (κ3) is 3.18. The molecule has 8 heteroatoms. The molecule has 0 saturated carbocycles. The monoisotopic (exact) mass is 366 g/mol. The molecule has 1 N–H and O–H groups in total. The van der Waals surface area contributed by atoms with E-state index in [1.54, 1.807) is 6.07 Å². The first-order valence-corrected chi connectivity index (χ1v) is 8.89. The summed E-state index contributed by atoms with van der Waals surface area (Å²) < 4.78 is 27.5. The lowest BCUT2D eigenvalue weighted by molar-refractivity contribution is -0.119. The molecule has 2 rings (SSSR count). The Morgan fingerprint density at radius 3 is 2.79 bits per heavy atom. The van der Waals surface area contributed by atoms with Gasteiger partial charge in [-0.2, -0.15) is 4.31 Å². The van der Waals surface area contributed by atoms with Crippen LogP contribution in [0.4, 0.5) is 0 Å². The zero-order chi connectivity index (χ0) is 14.2. The third-order valence-electron chi connectivity index (χ3n) is 2.99. The highest BCUT2D eigenvalue weighted by atomic mass is 79.9. The predicted molar refractivity (Wildman–Crippen MR) is 77.7 cm³/mol. The maximum Gasteiger partial charge on any atom is 0.252 e. The van der Waals surface area contributed by atoms with Crippen LogP contribution in [-0.4, -0.2) is 37.8 Å². The van der Waals surface area contributed by atoms with E-state index in [0.717, 1.165) is 9.35 Å². The van der Waals surface area contributed by atoms with Gasteiger partial charge in [0.25, 0.3) is 10.0 Å². The number of nitrogens with one attached hydrogen (secondary N) is 1. The van der Waals surface area contributed by atoms with E-state index in [1.807, 2.05) is 6.92 Å². The van der Waals surface area contributed by atoms with Gasteiger partial charge in [0.2, 0.25) is 5.91 Å². The quantitative estimate of drug-likeness (QED) is 0.885. The Labute approximate surface area is 125 Å². The van der Waals surface area contributed by atoms with E-state index in [9.17, 15) is 13.2 Å². The summed E-state index contributed by atoms with van der Waals surface area (Å²) in [6, 6.07) is 1.59. The molecular formula is C11H15BrN2O3S2. The Morgan fingerprint density at radius 1 is 1.58 bits per heavy atom. The number of rotatable bonds is 3. The lowest BCUT2D eigenvalue weighted by Crippen LogP contribution is -2.37. The Balaban J connectivity index is 2.16. The van der Waals surface area contributed by atoms with Gasteiger partial charge in [0.15, 0.2) is 0 Å². The summed E-state index contributed by atoms with van der Waals surface area (Å²) in [5.41, 5.74) is 0.918. The molecule has 1 unspecified atom stereocenters. The minimum atomic E-state index is -3.44. The number of nitrogens with zero attached hydrogens (tertiary/aromatic N) is 1. The fourth-order valence-corrected chi connectivity index (χ4v) is 5.92. The van der Waals surface area contributed by atoms with Gasteiger partial charge in [-0.05, 0) is 40.9 Å². The first-order chi connectivity index (χ1) is 8.80. The second-order valence-corrected chi connectivity index (χ2v) is 9.11. The maximum atomic E-state index is 12.4. The summed E-state index contributed by atoms with van der Waals surface area (Å²) in [5.74, 6) is -0.126. The molecule has 1 aromatic heterocycles. The number of carbonyl (C=O) groups is 1. The molecular weight excluding hydrogens is 352 g/mol. The Hall–Kier alpha value is -0.440. The number of hydrogen-bond donors (Lipinski definition) is 1. The average Bonchev–Trinajstić information content (AvgIpc) is 2.87. The number of hydrogen-bond acceptors (Lipinski definition) is 4. The molecule has 1 atom stereocenters. The number of halogens is 1. The molecule has 5 nitrogen and oxygen atoms in total. The van der Waals surface area contributed by atoms with E-state index in [2.05, 4.69) is 21.2 Å². The summed E-state index contributed by atoms with van der Waals surface area (Å²) in [7, 11) is -3.44. The Bertz CT molecular complexity index is 578. The lowest BCUT2D eigenvalue weighted by atomic mass is 10.3. The third-order valence-corrected chi connectivity index (χ3v) is 7.44. The molecule has 2 heterocycles. The van der Waals surface area contributed by atoms with Crippen LogP contribution in [0.5, 0.6) is 0 Å². The van der Waals surface area contributed by atoms with Crippen LogP contribution in [-0.2, 0) is 14.8 Å². The van der Waals surface area contributed by atoms with Crippen molar-refractivity contribution in [2.24, 2.45) is 0 Å². The molecule has 0 aromatic carbocycles. The summed E-state index contributed by atoms with van der Waals surface area (Å²) in [4.78, 5) is 11.0. The van der Waals surface area contributed by atoms with Crippen molar-refractivity contribution in [3.8, 4) is 0 Å². The van der Waals surface area contributed by atoms with Crippen molar-refractivity contribution in [3.63, 3.8) is 0 Å². The Morgan fingerprint density at radius 2 is 2.26 bits per heavy atom. The zero-order valence-corrected chi connectivity index (χ0v) is 13.9. The lowest BCUT2D eigenvalue weighted by Gasteiger charge is -2.15. The molecule has 0 radical (unpaired) electrons. The smallest absolute Gasteiger partial charge is 0.252 e. The number of amides is 1. The SMILES string of the molecule is CC(=O)NC1CCN(S(=O)(=O)c2cc(C)c(Br)s2)C1. The highest BCUT2D eigenvalue weighted by Crippen LogP contribution is 2.33. The summed E-state index contributed by atoms with van der Waals surface area (Å²) >= 11 is 4.56. The van der Waals surface area contributed by atoms with Crippen molar-refractivity contribution in [2.75, 3.05) is 13.1 Å². The van der Waals surface area contributed by atoms with Crippen molar-refractivity contribution in [1.82, 2.24) is 9.62 Å². The predicted octanol–water partition coefficient (Wildman–Crippen LogP) is 1.72. The molecule has 0 spiro atoms. The minimum Gasteiger partial charge on any atom is -0.352 e. The fourth-order valence-electron chi connectivity index (χ4n) is 2.04. The fraction of sp³-hybridized carbons (Fsp3) is 0.545. The van der Waals surface area contributed by atoms with Crippen LogP contribution in [0.15, 0.2) is 14.1 Å². The molecule has 1 fully saturated rings. The van der Waals surface area contributed by atoms with Gasteiger partial charge in [-0.1, -0.05) is 0 Å². The number of thiophene rings is 1. The minimum absolute atomic E-state index is 0.0863. The highest BCUT2D eigenvalue weighted by molar-refractivity contribution is 9.11. The molecule has 1 aromatic rings. The van der Waals surface area contributed by atoms with Gasteiger partial charge in [-0.25, -0.2) is 8.42 Å². The second kappa shape index (κ2) is 5.51. The maximum absolute atomic E-state index is 12.4. The molecule has 1 amide bonds. The Kier molecular flexibility index (Phi) is 4.34. The molecule has 1 aliphatic heterocycles. The van der Waals surface area contributed by atoms with Gasteiger partial charge in [-0.3, -0.25) is 4.79 Å². The standard InChI is InChI=1S/C11H15BrN2O3S2/c1-7-5-10(18-11(7)12)19(16,17)14-4-3-9(6-14)13-8(2)15/h5,9H,3-4,6H2,1-2H3,(H,13,15). The van der Waals surface area contributed by atoms with E-state index >= 15 is 0 Å². The van der Waals surface area contributed by atoms with Crippen LogP contribution in [0.3, 0.4) is 0 Å². The first kappa shape index (κ1) is 15.0. The van der Waals surface area contributed by atoms with Gasteiger partial charge in [0, 0.05) is 26.1 Å². The highest BCUT2D eigenvalue weighted by Gasteiger charge is 2.34. The summed E-state index contributed by atoms with van der Waals surface area (Å²) in [6.45, 7) is 4.10. The molecule has 0 bridgehead atoms. The van der Waals surface area contributed by atoms with Crippen LogP contribution in [0, 0.1) is 6.92 Å². The number of sulfonamides is 1. The van der Waals surface area contributed by atoms with Crippen molar-refractivity contribution < 1.29 is 13.2 Å². The number of carbonyl (C=O) groups excluding carboxylic acids is 1. The largest absolute Gasteiger partial charge is 0.352 e. The van der Waals surface area contributed by atoms with Gasteiger partial charge >= 0.3 is 0 Å². The van der Waals surface area contributed by atoms with Crippen molar-refractivity contribution in [1.29, 1.82) is 0 Å². The van der Waals surface area contributed by atoms with Crippen LogP contribution in [0.25, 0.3) is 0 Å². The molecule has 106 valence electrons. The van der Waals surface area contributed by atoms with Gasteiger partial charge in [0.05, 0.1) is 3.79 Å².